The fourth-order valence-corrected chi connectivity index (χ4v) is 2.96. The largest absolute Gasteiger partial charge is 0.370 e. The molecule has 1 aliphatic heterocycles. The second-order valence-corrected chi connectivity index (χ2v) is 6.32. The van der Waals surface area contributed by atoms with Crippen molar-refractivity contribution in [2.45, 2.75) is 57.7 Å². The van der Waals surface area contributed by atoms with E-state index in [9.17, 15) is 0 Å². The van der Waals surface area contributed by atoms with E-state index in [0.717, 1.165) is 0 Å². The molecule has 0 N–H and O–H groups in total. The van der Waals surface area contributed by atoms with Gasteiger partial charge in [-0.1, -0.05) is 36.8 Å². The minimum absolute atomic E-state index is 0.0685. The zero-order valence-electron chi connectivity index (χ0n) is 12.4. The maximum Gasteiger partial charge on any atom is 0.163 e. The van der Waals surface area contributed by atoms with Gasteiger partial charge in [0, 0.05) is 0 Å². The third kappa shape index (κ3) is 3.22. The molecule has 0 radical (unpaired) electrons. The van der Waals surface area contributed by atoms with Gasteiger partial charge in [0.05, 0.1) is 19.3 Å². The Morgan fingerprint density at radius 2 is 2.00 bits per heavy atom. The molecule has 3 heteroatoms. The highest BCUT2D eigenvalue weighted by Crippen LogP contribution is 2.37. The fourth-order valence-electron chi connectivity index (χ4n) is 2.96. The van der Waals surface area contributed by atoms with Crippen LogP contribution in [0.25, 0.3) is 0 Å². The minimum Gasteiger partial charge on any atom is -0.370 e. The maximum atomic E-state index is 6.20. The molecule has 3 rings (SSSR count). The molecule has 1 aromatic rings. The summed E-state index contributed by atoms with van der Waals surface area (Å²) >= 11 is 0. The van der Waals surface area contributed by atoms with Crippen molar-refractivity contribution in [3.05, 3.63) is 35.9 Å². The lowest BCUT2D eigenvalue weighted by atomic mass is 9.79. The summed E-state index contributed by atoms with van der Waals surface area (Å²) in [7, 11) is 0. The summed E-state index contributed by atoms with van der Waals surface area (Å²) in [5.74, 6) is 0.157. The summed E-state index contributed by atoms with van der Waals surface area (Å²) in [4.78, 5) is 0. The fraction of sp³-hybridized carbons (Fsp3) is 0.647. The second kappa shape index (κ2) is 5.84. The van der Waals surface area contributed by atoms with Gasteiger partial charge >= 0.3 is 0 Å². The zero-order chi connectivity index (χ0) is 14.0. The summed E-state index contributed by atoms with van der Waals surface area (Å²) in [6.07, 6.45) is 4.04. The molecule has 0 amide bonds. The summed E-state index contributed by atoms with van der Waals surface area (Å²) in [6.45, 7) is 5.25. The highest BCUT2D eigenvalue weighted by molar-refractivity contribution is 5.13. The lowest BCUT2D eigenvalue weighted by Crippen LogP contribution is -2.41. The molecule has 2 aliphatic rings. The number of benzene rings is 1. The molecular formula is C17H24O3. The molecule has 0 spiro atoms. The van der Waals surface area contributed by atoms with Crippen LogP contribution in [0.4, 0.5) is 0 Å². The van der Waals surface area contributed by atoms with Gasteiger partial charge in [-0.15, -0.1) is 0 Å². The first-order chi connectivity index (χ1) is 9.64. The molecule has 1 aliphatic carbocycles. The van der Waals surface area contributed by atoms with Crippen molar-refractivity contribution in [1.82, 2.24) is 0 Å². The normalized spacial score (nSPS) is 27.2. The first-order valence-electron chi connectivity index (χ1n) is 7.61. The van der Waals surface area contributed by atoms with Crippen molar-refractivity contribution < 1.29 is 14.2 Å². The third-order valence-corrected chi connectivity index (χ3v) is 4.30. The Balaban J connectivity index is 1.62. The molecule has 2 atom stereocenters. The molecule has 1 heterocycles. The molecule has 0 aromatic heterocycles. The highest BCUT2D eigenvalue weighted by atomic mass is 16.7. The van der Waals surface area contributed by atoms with E-state index in [1.165, 1.54) is 24.8 Å². The van der Waals surface area contributed by atoms with Crippen LogP contribution >= 0.6 is 0 Å². The van der Waals surface area contributed by atoms with Crippen LogP contribution in [0.2, 0.25) is 0 Å². The minimum atomic E-state index is -0.469. The lowest BCUT2D eigenvalue weighted by molar-refractivity contribution is -0.168. The summed E-state index contributed by atoms with van der Waals surface area (Å²) < 4.78 is 17.9. The quantitative estimate of drug-likeness (QED) is 0.823. The smallest absolute Gasteiger partial charge is 0.163 e. The van der Waals surface area contributed by atoms with Crippen molar-refractivity contribution >= 4 is 0 Å². The Morgan fingerprint density at radius 3 is 2.55 bits per heavy atom. The van der Waals surface area contributed by atoms with Crippen LogP contribution in [0.3, 0.4) is 0 Å². The van der Waals surface area contributed by atoms with Gasteiger partial charge in [0.25, 0.3) is 0 Å². The predicted octanol–water partition coefficient (Wildman–Crippen LogP) is 3.52. The van der Waals surface area contributed by atoms with Gasteiger partial charge in [-0.2, -0.15) is 0 Å². The summed E-state index contributed by atoms with van der Waals surface area (Å²) in [5.41, 5.74) is 1.22. The molecule has 2 unspecified atom stereocenters. The van der Waals surface area contributed by atoms with Gasteiger partial charge < -0.3 is 14.2 Å². The molecule has 3 nitrogen and oxygen atoms in total. The average Bonchev–Trinajstić information content (AvgIpc) is 2.73. The molecule has 1 saturated carbocycles. The van der Waals surface area contributed by atoms with Crippen molar-refractivity contribution in [3.63, 3.8) is 0 Å². The average molecular weight is 276 g/mol. The Bertz CT molecular complexity index is 425. The van der Waals surface area contributed by atoms with Gasteiger partial charge in [0.1, 0.15) is 6.10 Å². The zero-order valence-corrected chi connectivity index (χ0v) is 12.4. The van der Waals surface area contributed by atoms with Crippen LogP contribution in [0, 0.1) is 5.92 Å². The number of hydrogen-bond acceptors (Lipinski definition) is 3. The Labute approximate surface area is 121 Å². The van der Waals surface area contributed by atoms with Crippen molar-refractivity contribution in [2.75, 3.05) is 6.61 Å². The first-order valence-corrected chi connectivity index (χ1v) is 7.61. The van der Waals surface area contributed by atoms with Crippen LogP contribution in [-0.2, 0) is 20.8 Å². The highest BCUT2D eigenvalue weighted by Gasteiger charge is 2.42. The molecule has 110 valence electrons. The van der Waals surface area contributed by atoms with Gasteiger partial charge in [-0.05, 0) is 38.2 Å². The van der Waals surface area contributed by atoms with E-state index in [2.05, 4.69) is 24.3 Å². The van der Waals surface area contributed by atoms with Crippen LogP contribution in [0.15, 0.2) is 30.3 Å². The van der Waals surface area contributed by atoms with Crippen LogP contribution < -0.4 is 0 Å². The molecule has 2 fully saturated rings. The van der Waals surface area contributed by atoms with Gasteiger partial charge in [-0.3, -0.25) is 0 Å². The van der Waals surface area contributed by atoms with E-state index < -0.39 is 5.79 Å². The van der Waals surface area contributed by atoms with Crippen LogP contribution in [0.1, 0.15) is 38.7 Å². The van der Waals surface area contributed by atoms with E-state index >= 15 is 0 Å². The topological polar surface area (TPSA) is 27.7 Å². The van der Waals surface area contributed by atoms with E-state index in [-0.39, 0.29) is 12.2 Å². The van der Waals surface area contributed by atoms with Crippen LogP contribution in [0.5, 0.6) is 0 Å². The summed E-state index contributed by atoms with van der Waals surface area (Å²) in [5, 5.41) is 0. The number of ether oxygens (including phenoxy) is 3. The van der Waals surface area contributed by atoms with E-state index in [1.54, 1.807) is 0 Å². The number of hydrogen-bond donors (Lipinski definition) is 0. The monoisotopic (exact) mass is 276 g/mol. The van der Waals surface area contributed by atoms with Gasteiger partial charge in [-0.25, -0.2) is 0 Å². The number of rotatable bonds is 5. The third-order valence-electron chi connectivity index (χ3n) is 4.30. The van der Waals surface area contributed by atoms with Gasteiger partial charge in [0.2, 0.25) is 0 Å². The first kappa shape index (κ1) is 14.1. The Morgan fingerprint density at radius 1 is 1.25 bits per heavy atom. The predicted molar refractivity (Wildman–Crippen MR) is 77.3 cm³/mol. The van der Waals surface area contributed by atoms with E-state index in [4.69, 9.17) is 14.2 Å². The van der Waals surface area contributed by atoms with E-state index in [0.29, 0.717) is 19.1 Å². The molecule has 1 saturated heterocycles. The lowest BCUT2D eigenvalue weighted by Gasteiger charge is -2.36. The SMILES string of the molecule is CC1(C)OCC(C(OCc2ccccc2)C2CCC2)O1. The Hall–Kier alpha value is -0.900. The molecular weight excluding hydrogens is 252 g/mol. The standard InChI is InChI=1S/C17H24O3/c1-17(2)19-12-15(20-17)16(14-9-6-10-14)18-11-13-7-4-3-5-8-13/h3-5,7-8,14-16H,6,9-12H2,1-2H3. The molecule has 0 bridgehead atoms. The summed E-state index contributed by atoms with van der Waals surface area (Å²) in [6, 6.07) is 10.3. The van der Waals surface area contributed by atoms with Crippen molar-refractivity contribution in [3.8, 4) is 0 Å². The second-order valence-electron chi connectivity index (χ2n) is 6.32. The maximum absolute atomic E-state index is 6.20. The van der Waals surface area contributed by atoms with Crippen molar-refractivity contribution in [2.24, 2.45) is 5.92 Å². The molecule has 1 aromatic carbocycles. The van der Waals surface area contributed by atoms with E-state index in [1.807, 2.05) is 19.9 Å². The van der Waals surface area contributed by atoms with Gasteiger partial charge in [0.15, 0.2) is 5.79 Å². The van der Waals surface area contributed by atoms with Crippen LogP contribution in [-0.4, -0.2) is 24.6 Å². The molecule has 20 heavy (non-hydrogen) atoms. The Kier molecular flexibility index (Phi) is 4.11. The van der Waals surface area contributed by atoms with Crippen molar-refractivity contribution in [1.29, 1.82) is 0 Å².